The molecule has 79 heavy (non-hydrogen) atoms. The lowest BCUT2D eigenvalue weighted by Crippen LogP contribution is -2.23. The molecule has 0 N–H and O–H groups in total. The van der Waals surface area contributed by atoms with Crippen LogP contribution in [-0.2, 0) is 5.41 Å². The number of para-hydroxylation sites is 6. The van der Waals surface area contributed by atoms with Gasteiger partial charge in [-0.1, -0.05) is 148 Å². The van der Waals surface area contributed by atoms with Gasteiger partial charge in [0.1, 0.15) is 17.3 Å². The van der Waals surface area contributed by atoms with E-state index in [1.54, 1.807) is 0 Å². The number of ether oxygens (including phenoxy) is 1. The van der Waals surface area contributed by atoms with Crippen molar-refractivity contribution in [3.63, 3.8) is 0 Å². The molecule has 7 heteroatoms. The van der Waals surface area contributed by atoms with E-state index in [1.165, 1.54) is 44.0 Å². The van der Waals surface area contributed by atoms with Crippen molar-refractivity contribution < 1.29 is 4.74 Å². The van der Waals surface area contributed by atoms with E-state index in [9.17, 15) is 0 Å². The monoisotopic (exact) mass is 1020 g/mol. The molecule has 14 aromatic rings. The SMILES string of the molecule is Cc1cc(-n2c3ccc(-c4ccc(C(C)(C)C)cc4)cc3c3ccc(Oc4cccc(N5CN(C)c6ccccc65)c4)cc32)ncc1-c1c(-n2c3ccccc3c3ccccc32)cccc1-n1c2ccccc2c2ccccc21. The number of aromatic nitrogens is 4. The molecule has 0 unspecified atom stereocenters. The molecule has 15 rings (SSSR count). The lowest BCUT2D eigenvalue weighted by molar-refractivity contribution is 0.483. The Hall–Kier alpha value is -9.85. The van der Waals surface area contributed by atoms with Gasteiger partial charge in [0.15, 0.2) is 0 Å². The molecule has 380 valence electrons. The molecule has 4 aromatic heterocycles. The molecule has 0 saturated heterocycles. The normalized spacial score (nSPS) is 12.8. The molecule has 0 bridgehead atoms. The van der Waals surface area contributed by atoms with E-state index in [4.69, 9.17) is 9.72 Å². The number of aryl methyl sites for hydroxylation is 1. The van der Waals surface area contributed by atoms with Crippen LogP contribution in [0.4, 0.5) is 17.1 Å². The molecular weight excluding hydrogens is 965 g/mol. The molecule has 0 fully saturated rings. The van der Waals surface area contributed by atoms with E-state index in [0.29, 0.717) is 0 Å². The van der Waals surface area contributed by atoms with Gasteiger partial charge in [0, 0.05) is 74.5 Å². The molecule has 0 amide bonds. The van der Waals surface area contributed by atoms with Crippen LogP contribution in [0.1, 0.15) is 31.9 Å². The van der Waals surface area contributed by atoms with Crippen molar-refractivity contribution in [3.05, 3.63) is 248 Å². The zero-order valence-corrected chi connectivity index (χ0v) is 44.8. The number of hydrogen-bond donors (Lipinski definition) is 0. The molecule has 1 aliphatic rings. The Balaban J connectivity index is 0.921. The van der Waals surface area contributed by atoms with Gasteiger partial charge < -0.3 is 23.7 Å². The largest absolute Gasteiger partial charge is 0.457 e. The van der Waals surface area contributed by atoms with Gasteiger partial charge in [0.05, 0.1) is 62.5 Å². The predicted octanol–water partition coefficient (Wildman–Crippen LogP) is 18.7. The summed E-state index contributed by atoms with van der Waals surface area (Å²) in [7, 11) is 2.14. The summed E-state index contributed by atoms with van der Waals surface area (Å²) in [5.41, 5.74) is 19.3. The Kier molecular flexibility index (Phi) is 10.5. The Morgan fingerprint density at radius 2 is 0.937 bits per heavy atom. The molecule has 0 spiro atoms. The molecule has 0 aliphatic carbocycles. The second-order valence-electron chi connectivity index (χ2n) is 22.2. The van der Waals surface area contributed by atoms with Crippen molar-refractivity contribution in [2.75, 3.05) is 23.5 Å². The van der Waals surface area contributed by atoms with Gasteiger partial charge in [-0.25, -0.2) is 4.98 Å². The van der Waals surface area contributed by atoms with Crippen molar-refractivity contribution in [1.82, 2.24) is 18.7 Å². The summed E-state index contributed by atoms with van der Waals surface area (Å²) >= 11 is 0. The van der Waals surface area contributed by atoms with Crippen LogP contribution in [0.25, 0.3) is 105 Å². The summed E-state index contributed by atoms with van der Waals surface area (Å²) in [4.78, 5) is 10.2. The van der Waals surface area contributed by atoms with E-state index in [0.717, 1.165) is 107 Å². The Bertz CT molecular complexity index is 4520. The minimum atomic E-state index is 0.0632. The van der Waals surface area contributed by atoms with Crippen molar-refractivity contribution in [1.29, 1.82) is 0 Å². The summed E-state index contributed by atoms with van der Waals surface area (Å²) in [6, 6.07) is 83.5. The zero-order valence-electron chi connectivity index (χ0n) is 44.8. The second-order valence-corrected chi connectivity index (χ2v) is 22.2. The maximum Gasteiger partial charge on any atom is 0.137 e. The number of rotatable bonds is 8. The maximum atomic E-state index is 6.86. The van der Waals surface area contributed by atoms with Crippen LogP contribution in [0.15, 0.2) is 237 Å². The fourth-order valence-corrected chi connectivity index (χ4v) is 12.6. The molecule has 10 aromatic carbocycles. The Morgan fingerprint density at radius 1 is 0.418 bits per heavy atom. The Morgan fingerprint density at radius 3 is 1.54 bits per heavy atom. The average Bonchev–Trinajstić information content (AvgIpc) is 4.40. The minimum Gasteiger partial charge on any atom is -0.457 e. The summed E-state index contributed by atoms with van der Waals surface area (Å²) in [5.74, 6) is 2.34. The molecular formula is C72H56N6O. The Labute approximate surface area is 459 Å². The van der Waals surface area contributed by atoms with Crippen LogP contribution in [0.5, 0.6) is 11.5 Å². The van der Waals surface area contributed by atoms with Gasteiger partial charge in [-0.3, -0.25) is 4.57 Å². The quantitative estimate of drug-likeness (QED) is 0.152. The van der Waals surface area contributed by atoms with Crippen LogP contribution < -0.4 is 14.5 Å². The van der Waals surface area contributed by atoms with Crippen LogP contribution in [-0.4, -0.2) is 32.4 Å². The van der Waals surface area contributed by atoms with Gasteiger partial charge in [-0.05, 0) is 126 Å². The van der Waals surface area contributed by atoms with Crippen LogP contribution in [0, 0.1) is 6.92 Å². The van der Waals surface area contributed by atoms with Crippen molar-refractivity contribution in [2.45, 2.75) is 33.1 Å². The summed E-state index contributed by atoms with van der Waals surface area (Å²) in [6.45, 7) is 9.79. The van der Waals surface area contributed by atoms with Crippen LogP contribution in [0.2, 0.25) is 0 Å². The number of fused-ring (bicyclic) bond motifs is 10. The lowest BCUT2D eigenvalue weighted by atomic mass is 9.86. The standard InChI is InChI=1S/C72H56N6O/c1-46-40-70(73-44-59(46)71-67(76-60-24-10-6-20-53(60)54-21-7-11-25-61(54)76)30-17-31-68(71)77-62-26-12-8-22-55(62)56-23-9-13-27-63(56)77)78-64-39-34-48(47-32-35-49(36-33-47)72(2,3)4)41-58(64)57-38-37-52(43-69(57)78)79-51-19-16-18-50(42-51)75-45-74(5)65-28-14-15-29-66(65)75/h6-44H,45H2,1-5H3. The van der Waals surface area contributed by atoms with Crippen LogP contribution >= 0.6 is 0 Å². The second kappa shape index (κ2) is 17.9. The van der Waals surface area contributed by atoms with E-state index < -0.39 is 0 Å². The number of pyridine rings is 1. The highest BCUT2D eigenvalue weighted by Crippen LogP contribution is 2.45. The fraction of sp³-hybridized carbons (Fsp3) is 0.0972. The van der Waals surface area contributed by atoms with E-state index in [-0.39, 0.29) is 5.41 Å². The molecule has 0 saturated carbocycles. The first-order valence-corrected chi connectivity index (χ1v) is 27.3. The maximum absolute atomic E-state index is 6.86. The molecule has 5 heterocycles. The fourth-order valence-electron chi connectivity index (χ4n) is 12.6. The summed E-state index contributed by atoms with van der Waals surface area (Å²) in [5, 5.41) is 7.13. The number of hydrogen-bond acceptors (Lipinski definition) is 4. The van der Waals surface area contributed by atoms with E-state index >= 15 is 0 Å². The summed E-state index contributed by atoms with van der Waals surface area (Å²) in [6.07, 6.45) is 2.11. The first-order chi connectivity index (χ1) is 38.6. The van der Waals surface area contributed by atoms with Gasteiger partial charge in [-0.15, -0.1) is 0 Å². The molecule has 7 nitrogen and oxygen atoms in total. The lowest BCUT2D eigenvalue weighted by Gasteiger charge is -2.21. The van der Waals surface area contributed by atoms with Gasteiger partial charge >= 0.3 is 0 Å². The highest BCUT2D eigenvalue weighted by molar-refractivity contribution is 6.13. The zero-order chi connectivity index (χ0) is 53.1. The number of nitrogens with zero attached hydrogens (tertiary/aromatic N) is 6. The van der Waals surface area contributed by atoms with Crippen molar-refractivity contribution in [2.24, 2.45) is 0 Å². The smallest absolute Gasteiger partial charge is 0.137 e. The molecule has 0 radical (unpaired) electrons. The minimum absolute atomic E-state index is 0.0632. The highest BCUT2D eigenvalue weighted by Gasteiger charge is 2.26. The van der Waals surface area contributed by atoms with Crippen molar-refractivity contribution >= 4 is 82.5 Å². The molecule has 0 atom stereocenters. The van der Waals surface area contributed by atoms with E-state index in [2.05, 4.69) is 289 Å². The highest BCUT2D eigenvalue weighted by atomic mass is 16.5. The van der Waals surface area contributed by atoms with Gasteiger partial charge in [0.25, 0.3) is 0 Å². The topological polar surface area (TPSA) is 43.4 Å². The predicted molar refractivity (Wildman–Crippen MR) is 330 cm³/mol. The molecule has 1 aliphatic heterocycles. The number of anilines is 3. The van der Waals surface area contributed by atoms with Crippen molar-refractivity contribution in [3.8, 4) is 50.9 Å². The first-order valence-electron chi connectivity index (χ1n) is 27.3. The summed E-state index contributed by atoms with van der Waals surface area (Å²) < 4.78 is 14.1. The third kappa shape index (κ3) is 7.44. The van der Waals surface area contributed by atoms with E-state index in [1.807, 2.05) is 6.07 Å². The number of benzene rings is 10. The van der Waals surface area contributed by atoms with Crippen LogP contribution in [0.3, 0.4) is 0 Å². The third-order valence-corrected chi connectivity index (χ3v) is 16.4. The van der Waals surface area contributed by atoms with Gasteiger partial charge in [-0.2, -0.15) is 0 Å². The first kappa shape index (κ1) is 46.5. The average molecular weight is 1020 g/mol. The van der Waals surface area contributed by atoms with Gasteiger partial charge in [0.2, 0.25) is 0 Å². The third-order valence-electron chi connectivity index (χ3n) is 16.4.